The molecule has 0 aromatic carbocycles. The van der Waals surface area contributed by atoms with Crippen molar-refractivity contribution in [3.8, 4) is 0 Å². The molecule has 1 N–H and O–H groups in total. The van der Waals surface area contributed by atoms with Gasteiger partial charge in [0.15, 0.2) is 0 Å². The highest BCUT2D eigenvalue weighted by atomic mass is 16.5. The van der Waals surface area contributed by atoms with Crippen LogP contribution in [0.25, 0.3) is 0 Å². The molecule has 0 aromatic heterocycles. The molecule has 3 nitrogen and oxygen atoms in total. The molecule has 0 saturated carbocycles. The van der Waals surface area contributed by atoms with E-state index in [-0.39, 0.29) is 6.61 Å². The first kappa shape index (κ1) is 11.3. The number of rotatable bonds is 5. The second-order valence-corrected chi connectivity index (χ2v) is 2.56. The van der Waals surface area contributed by atoms with Crippen LogP contribution in [0.3, 0.4) is 0 Å². The summed E-state index contributed by atoms with van der Waals surface area (Å²) in [6.45, 7) is 4.50. The third kappa shape index (κ3) is 5.04. The van der Waals surface area contributed by atoms with Crippen LogP contribution in [-0.4, -0.2) is 31.3 Å². The van der Waals surface area contributed by atoms with Crippen LogP contribution in [-0.2, 0) is 4.74 Å². The lowest BCUT2D eigenvalue weighted by Gasteiger charge is -1.99. The molecular weight excluding hydrogens is 154 g/mol. The third-order valence-corrected chi connectivity index (χ3v) is 1.58. The predicted molar refractivity (Wildman–Crippen MR) is 50.4 cm³/mol. The number of hydrogen-bond donors (Lipinski definition) is 1. The summed E-state index contributed by atoms with van der Waals surface area (Å²) >= 11 is 0. The number of aliphatic imine (C=N–C) groups is 1. The average molecular weight is 171 g/mol. The van der Waals surface area contributed by atoms with E-state index < -0.39 is 0 Å². The number of nitrogens with zero attached hydrogens (tertiary/aromatic N) is 1. The van der Waals surface area contributed by atoms with E-state index in [4.69, 9.17) is 9.84 Å². The third-order valence-electron chi connectivity index (χ3n) is 1.58. The minimum atomic E-state index is 0.189. The van der Waals surface area contributed by atoms with Crippen molar-refractivity contribution >= 4 is 5.71 Å². The van der Waals surface area contributed by atoms with E-state index in [9.17, 15) is 0 Å². The van der Waals surface area contributed by atoms with Crippen LogP contribution in [0.1, 0.15) is 20.3 Å². The second-order valence-electron chi connectivity index (χ2n) is 2.56. The largest absolute Gasteiger partial charge is 0.396 e. The van der Waals surface area contributed by atoms with E-state index >= 15 is 0 Å². The van der Waals surface area contributed by atoms with Crippen molar-refractivity contribution in [3.05, 3.63) is 11.6 Å². The molecule has 0 heterocycles. The maximum Gasteiger partial charge on any atom is 0.137 e. The van der Waals surface area contributed by atoms with E-state index in [2.05, 4.69) is 4.99 Å². The Morgan fingerprint density at radius 3 is 2.67 bits per heavy atom. The monoisotopic (exact) mass is 171 g/mol. The van der Waals surface area contributed by atoms with Crippen LogP contribution in [0, 0.1) is 0 Å². The first-order valence-electron chi connectivity index (χ1n) is 4.00. The fourth-order valence-electron chi connectivity index (χ4n) is 0.715. The van der Waals surface area contributed by atoms with Crippen LogP contribution in [0.4, 0.5) is 0 Å². The van der Waals surface area contributed by atoms with Gasteiger partial charge in [-0.1, -0.05) is 6.08 Å². The van der Waals surface area contributed by atoms with Gasteiger partial charge in [-0.3, -0.25) is 4.99 Å². The molecule has 0 aliphatic carbocycles. The van der Waals surface area contributed by atoms with Crippen molar-refractivity contribution in [1.82, 2.24) is 0 Å². The molecule has 0 saturated heterocycles. The fourth-order valence-corrected chi connectivity index (χ4v) is 0.715. The average Bonchev–Trinajstić information content (AvgIpc) is 2.10. The summed E-state index contributed by atoms with van der Waals surface area (Å²) in [4.78, 5) is 4.14. The second kappa shape index (κ2) is 7.00. The Bertz CT molecular complexity index is 153. The predicted octanol–water partition coefficient (Wildman–Crippen LogP) is 1.38. The van der Waals surface area contributed by atoms with Gasteiger partial charge in [0.1, 0.15) is 6.73 Å². The molecule has 3 heteroatoms. The standard InChI is InChI=1S/C9H17NO2/c1-8(5-4-6-11)9(2)10-7-12-3/h5,11H,4,6-7H2,1-3H3/b8-5-,10-9-. The molecule has 0 spiro atoms. The molecule has 12 heavy (non-hydrogen) atoms. The molecule has 0 atom stereocenters. The molecule has 0 aliphatic rings. The van der Waals surface area contributed by atoms with Gasteiger partial charge in [0.25, 0.3) is 0 Å². The van der Waals surface area contributed by atoms with E-state index in [1.165, 1.54) is 0 Å². The van der Waals surface area contributed by atoms with Crippen LogP contribution in [0.2, 0.25) is 0 Å². The van der Waals surface area contributed by atoms with Gasteiger partial charge in [0, 0.05) is 19.4 Å². The van der Waals surface area contributed by atoms with Crippen molar-refractivity contribution in [2.75, 3.05) is 20.4 Å². The van der Waals surface area contributed by atoms with Gasteiger partial charge in [0.2, 0.25) is 0 Å². The minimum Gasteiger partial charge on any atom is -0.396 e. The van der Waals surface area contributed by atoms with Crippen molar-refractivity contribution in [1.29, 1.82) is 0 Å². The molecule has 0 aromatic rings. The number of methoxy groups -OCH3 is 1. The Kier molecular flexibility index (Phi) is 6.61. The SMILES string of the molecule is COC/N=C(C)\C(C)=C/CCO. The number of aliphatic hydroxyl groups excluding tert-OH is 1. The Morgan fingerprint density at radius 1 is 1.50 bits per heavy atom. The maximum absolute atomic E-state index is 8.56. The Hall–Kier alpha value is -0.670. The lowest BCUT2D eigenvalue weighted by Crippen LogP contribution is -1.97. The van der Waals surface area contributed by atoms with Crippen molar-refractivity contribution in [3.63, 3.8) is 0 Å². The summed E-state index contributed by atoms with van der Waals surface area (Å²) in [5.41, 5.74) is 2.06. The lowest BCUT2D eigenvalue weighted by molar-refractivity contribution is 0.209. The molecule has 0 amide bonds. The van der Waals surface area contributed by atoms with Crippen LogP contribution in [0.5, 0.6) is 0 Å². The highest BCUT2D eigenvalue weighted by molar-refractivity contribution is 5.97. The van der Waals surface area contributed by atoms with Crippen LogP contribution < -0.4 is 0 Å². The van der Waals surface area contributed by atoms with Gasteiger partial charge in [-0.15, -0.1) is 0 Å². The zero-order valence-corrected chi connectivity index (χ0v) is 8.00. The van der Waals surface area contributed by atoms with Crippen LogP contribution in [0.15, 0.2) is 16.6 Å². The number of allylic oxidation sites excluding steroid dienone is 1. The summed E-state index contributed by atoms with van der Waals surface area (Å²) in [5, 5.41) is 8.56. The van der Waals surface area contributed by atoms with E-state index in [1.807, 2.05) is 19.9 Å². The minimum absolute atomic E-state index is 0.189. The summed E-state index contributed by atoms with van der Waals surface area (Å²) in [6, 6.07) is 0. The first-order valence-corrected chi connectivity index (χ1v) is 4.00. The van der Waals surface area contributed by atoms with Crippen molar-refractivity contribution in [2.24, 2.45) is 4.99 Å². The van der Waals surface area contributed by atoms with Gasteiger partial charge >= 0.3 is 0 Å². The Morgan fingerprint density at radius 2 is 2.17 bits per heavy atom. The van der Waals surface area contributed by atoms with Crippen molar-refractivity contribution in [2.45, 2.75) is 20.3 Å². The summed E-state index contributed by atoms with van der Waals surface area (Å²) in [7, 11) is 1.61. The normalized spacial score (nSPS) is 13.7. The number of ether oxygens (including phenoxy) is 1. The molecular formula is C9H17NO2. The lowest BCUT2D eigenvalue weighted by atomic mass is 10.2. The fraction of sp³-hybridized carbons (Fsp3) is 0.667. The Labute approximate surface area is 73.8 Å². The molecule has 0 unspecified atom stereocenters. The summed E-state index contributed by atoms with van der Waals surface area (Å²) < 4.78 is 4.80. The molecule has 0 radical (unpaired) electrons. The Balaban J connectivity index is 3.98. The topological polar surface area (TPSA) is 41.8 Å². The van der Waals surface area contributed by atoms with Gasteiger partial charge in [0.05, 0.1) is 0 Å². The summed E-state index contributed by atoms with van der Waals surface area (Å²) in [6.07, 6.45) is 2.65. The van der Waals surface area contributed by atoms with E-state index in [1.54, 1.807) is 7.11 Å². The zero-order chi connectivity index (χ0) is 9.40. The molecule has 0 aliphatic heterocycles. The smallest absolute Gasteiger partial charge is 0.137 e. The van der Waals surface area contributed by atoms with Crippen LogP contribution >= 0.6 is 0 Å². The summed E-state index contributed by atoms with van der Waals surface area (Å²) in [5.74, 6) is 0. The van der Waals surface area contributed by atoms with Gasteiger partial charge in [-0.25, -0.2) is 0 Å². The zero-order valence-electron chi connectivity index (χ0n) is 8.00. The molecule has 70 valence electrons. The molecule has 0 rings (SSSR count). The quantitative estimate of drug-likeness (QED) is 0.635. The number of hydrogen-bond acceptors (Lipinski definition) is 3. The van der Waals surface area contributed by atoms with Gasteiger partial charge in [-0.2, -0.15) is 0 Å². The molecule has 0 fully saturated rings. The first-order chi connectivity index (χ1) is 5.72. The highest BCUT2D eigenvalue weighted by Crippen LogP contribution is 1.98. The van der Waals surface area contributed by atoms with Gasteiger partial charge < -0.3 is 9.84 Å². The number of aliphatic hydroxyl groups is 1. The van der Waals surface area contributed by atoms with E-state index in [0.29, 0.717) is 13.2 Å². The van der Waals surface area contributed by atoms with E-state index in [0.717, 1.165) is 11.3 Å². The highest BCUT2D eigenvalue weighted by Gasteiger charge is 1.92. The van der Waals surface area contributed by atoms with Crippen molar-refractivity contribution < 1.29 is 9.84 Å². The maximum atomic E-state index is 8.56. The van der Waals surface area contributed by atoms with Gasteiger partial charge in [-0.05, 0) is 25.8 Å². The molecule has 0 bridgehead atoms.